The first kappa shape index (κ1) is 17.4. The number of rotatable bonds is 5. The minimum absolute atomic E-state index is 0.0882. The average Bonchev–Trinajstić information content (AvgIpc) is 2.64. The third kappa shape index (κ3) is 3.47. The number of hydrogen-bond donors (Lipinski definition) is 0. The molecule has 0 bridgehead atoms. The quantitative estimate of drug-likeness (QED) is 0.387. The first-order valence-electron chi connectivity index (χ1n) is 8.13. The zero-order valence-electron chi connectivity index (χ0n) is 14.5. The number of nitro groups is 1. The number of fused-ring (bicyclic) bond motifs is 1. The molecule has 130 valence electrons. The Kier molecular flexibility index (Phi) is 4.80. The summed E-state index contributed by atoms with van der Waals surface area (Å²) in [6.07, 6.45) is 3.30. The van der Waals surface area contributed by atoms with Gasteiger partial charge < -0.3 is 4.90 Å². The maximum atomic E-state index is 13.1. The lowest BCUT2D eigenvalue weighted by molar-refractivity contribution is -0.385. The van der Waals surface area contributed by atoms with Crippen LogP contribution in [0.15, 0.2) is 66.9 Å². The Morgan fingerprint density at radius 1 is 1.00 bits per heavy atom. The van der Waals surface area contributed by atoms with Gasteiger partial charge in [-0.1, -0.05) is 42.5 Å². The molecule has 0 saturated carbocycles. The van der Waals surface area contributed by atoms with Crippen LogP contribution in [0.2, 0.25) is 0 Å². The topological polar surface area (TPSA) is 63.5 Å². The molecule has 3 rings (SSSR count). The van der Waals surface area contributed by atoms with Crippen molar-refractivity contribution < 1.29 is 9.72 Å². The van der Waals surface area contributed by atoms with E-state index in [1.165, 1.54) is 6.07 Å². The highest BCUT2D eigenvalue weighted by Crippen LogP contribution is 2.27. The maximum absolute atomic E-state index is 13.1. The van der Waals surface area contributed by atoms with Crippen molar-refractivity contribution in [2.75, 3.05) is 14.1 Å². The zero-order valence-corrected chi connectivity index (χ0v) is 14.5. The smallest absolute Gasteiger partial charge is 0.277 e. The minimum atomic E-state index is -0.466. The number of hydrogen-bond acceptors (Lipinski definition) is 4. The first-order chi connectivity index (χ1) is 12.5. The van der Waals surface area contributed by atoms with Gasteiger partial charge in [-0.3, -0.25) is 14.9 Å². The fourth-order valence-corrected chi connectivity index (χ4v) is 2.80. The Morgan fingerprint density at radius 2 is 1.73 bits per heavy atom. The van der Waals surface area contributed by atoms with Crippen molar-refractivity contribution in [1.29, 1.82) is 0 Å². The Balaban J connectivity index is 2.13. The molecule has 0 fully saturated rings. The lowest BCUT2D eigenvalue weighted by Crippen LogP contribution is -2.07. The van der Waals surface area contributed by atoms with Gasteiger partial charge in [0.05, 0.1) is 10.5 Å². The summed E-state index contributed by atoms with van der Waals surface area (Å²) in [6.45, 7) is 0. The Labute approximate surface area is 151 Å². The molecule has 0 aliphatic rings. The van der Waals surface area contributed by atoms with E-state index < -0.39 is 4.92 Å². The molecule has 5 nitrogen and oxygen atoms in total. The second kappa shape index (κ2) is 7.19. The zero-order chi connectivity index (χ0) is 18.7. The third-order valence-corrected chi connectivity index (χ3v) is 4.08. The van der Waals surface area contributed by atoms with Crippen LogP contribution in [0.25, 0.3) is 16.8 Å². The van der Waals surface area contributed by atoms with Crippen LogP contribution in [0.3, 0.4) is 0 Å². The molecule has 0 atom stereocenters. The summed E-state index contributed by atoms with van der Waals surface area (Å²) >= 11 is 0. The van der Waals surface area contributed by atoms with Crippen LogP contribution >= 0.6 is 0 Å². The summed E-state index contributed by atoms with van der Waals surface area (Å²) in [6, 6.07) is 17.8. The van der Waals surface area contributed by atoms with Crippen molar-refractivity contribution in [1.82, 2.24) is 4.90 Å². The Hall–Kier alpha value is -3.47. The van der Waals surface area contributed by atoms with Gasteiger partial charge in [0.15, 0.2) is 5.78 Å². The van der Waals surface area contributed by atoms with Crippen LogP contribution < -0.4 is 0 Å². The Bertz CT molecular complexity index is 1020. The van der Waals surface area contributed by atoms with Gasteiger partial charge in [0.2, 0.25) is 0 Å². The molecule has 0 heterocycles. The van der Waals surface area contributed by atoms with E-state index in [1.807, 2.05) is 50.5 Å². The van der Waals surface area contributed by atoms with E-state index in [4.69, 9.17) is 0 Å². The summed E-state index contributed by atoms with van der Waals surface area (Å²) < 4.78 is 0. The largest absolute Gasteiger partial charge is 0.383 e. The molecular formula is C21H18N2O3. The first-order valence-corrected chi connectivity index (χ1v) is 8.13. The van der Waals surface area contributed by atoms with Gasteiger partial charge in [0.1, 0.15) is 0 Å². The number of nitrogens with zero attached hydrogens (tertiary/aromatic N) is 2. The van der Waals surface area contributed by atoms with Gasteiger partial charge in [0, 0.05) is 31.3 Å². The summed E-state index contributed by atoms with van der Waals surface area (Å²) in [5.41, 5.74) is 1.04. The lowest BCUT2D eigenvalue weighted by Gasteiger charge is -2.09. The molecule has 0 aliphatic heterocycles. The van der Waals surface area contributed by atoms with Crippen LogP contribution in [0.5, 0.6) is 0 Å². The van der Waals surface area contributed by atoms with Crippen molar-refractivity contribution >= 4 is 28.3 Å². The Morgan fingerprint density at radius 3 is 2.42 bits per heavy atom. The van der Waals surface area contributed by atoms with Crippen LogP contribution in [0.4, 0.5) is 5.69 Å². The van der Waals surface area contributed by atoms with E-state index in [9.17, 15) is 14.9 Å². The molecule has 0 amide bonds. The molecule has 5 heteroatoms. The molecule has 0 aromatic heterocycles. The standard InChI is InChI=1S/C21H18N2O3/c1-22(2)13-12-18-19(8-5-9-20(18)23(25)26)21(24)17-11-10-15-6-3-4-7-16(15)14-17/h3-14H,1-2H3. The van der Waals surface area contributed by atoms with Gasteiger partial charge in [-0.25, -0.2) is 0 Å². The lowest BCUT2D eigenvalue weighted by atomic mass is 9.95. The molecule has 0 saturated heterocycles. The van der Waals surface area contributed by atoms with Crippen molar-refractivity contribution in [2.45, 2.75) is 0 Å². The fourth-order valence-electron chi connectivity index (χ4n) is 2.80. The van der Waals surface area contributed by atoms with Crippen molar-refractivity contribution in [3.63, 3.8) is 0 Å². The van der Waals surface area contributed by atoms with Crippen molar-refractivity contribution in [3.05, 3.63) is 93.7 Å². The van der Waals surface area contributed by atoms with E-state index in [0.29, 0.717) is 16.7 Å². The highest BCUT2D eigenvalue weighted by atomic mass is 16.6. The van der Waals surface area contributed by atoms with Crippen LogP contribution in [-0.4, -0.2) is 29.7 Å². The van der Waals surface area contributed by atoms with Gasteiger partial charge in [0.25, 0.3) is 5.69 Å². The number of nitro benzene ring substituents is 1. The molecule has 0 N–H and O–H groups in total. The van der Waals surface area contributed by atoms with Crippen molar-refractivity contribution in [2.24, 2.45) is 0 Å². The highest BCUT2D eigenvalue weighted by Gasteiger charge is 2.21. The molecule has 3 aromatic rings. The maximum Gasteiger partial charge on any atom is 0.277 e. The minimum Gasteiger partial charge on any atom is -0.383 e. The van der Waals surface area contributed by atoms with E-state index in [2.05, 4.69) is 0 Å². The molecule has 0 aliphatic carbocycles. The number of carbonyl (C=O) groups excluding carboxylic acids is 1. The van der Waals surface area contributed by atoms with Crippen LogP contribution in [0.1, 0.15) is 21.5 Å². The molecule has 3 aromatic carbocycles. The van der Waals surface area contributed by atoms with Gasteiger partial charge in [-0.2, -0.15) is 0 Å². The number of carbonyl (C=O) groups is 1. The van der Waals surface area contributed by atoms with E-state index in [-0.39, 0.29) is 11.5 Å². The normalized spacial score (nSPS) is 11.0. The van der Waals surface area contributed by atoms with E-state index in [0.717, 1.165) is 10.8 Å². The highest BCUT2D eigenvalue weighted by molar-refractivity contribution is 6.13. The number of ketones is 1. The molecule has 0 spiro atoms. The van der Waals surface area contributed by atoms with Crippen molar-refractivity contribution in [3.8, 4) is 0 Å². The van der Waals surface area contributed by atoms with Gasteiger partial charge in [-0.05, 0) is 35.2 Å². The summed E-state index contributed by atoms with van der Waals surface area (Å²) in [5, 5.41) is 13.4. The third-order valence-electron chi connectivity index (χ3n) is 4.08. The second-order valence-corrected chi connectivity index (χ2v) is 6.17. The predicted octanol–water partition coefficient (Wildman–Crippen LogP) is 4.51. The second-order valence-electron chi connectivity index (χ2n) is 6.17. The fraction of sp³-hybridized carbons (Fsp3) is 0.0952. The van der Waals surface area contributed by atoms with Gasteiger partial charge >= 0.3 is 0 Å². The van der Waals surface area contributed by atoms with Gasteiger partial charge in [-0.15, -0.1) is 0 Å². The van der Waals surface area contributed by atoms with Crippen LogP contribution in [-0.2, 0) is 0 Å². The molecule has 26 heavy (non-hydrogen) atoms. The number of benzene rings is 3. The predicted molar refractivity (Wildman–Crippen MR) is 103 cm³/mol. The van der Waals surface area contributed by atoms with E-state index in [1.54, 1.807) is 35.4 Å². The summed E-state index contributed by atoms with van der Waals surface area (Å²) in [5.74, 6) is -0.238. The SMILES string of the molecule is CN(C)C=Cc1c(C(=O)c2ccc3ccccc3c2)cccc1[N+](=O)[O-]. The average molecular weight is 346 g/mol. The van der Waals surface area contributed by atoms with Crippen LogP contribution in [0, 0.1) is 10.1 Å². The molecule has 0 radical (unpaired) electrons. The summed E-state index contributed by atoms with van der Waals surface area (Å²) in [7, 11) is 3.63. The molecular weight excluding hydrogens is 328 g/mol. The van der Waals surface area contributed by atoms with E-state index >= 15 is 0 Å². The molecule has 0 unspecified atom stereocenters. The monoisotopic (exact) mass is 346 g/mol. The summed E-state index contributed by atoms with van der Waals surface area (Å²) in [4.78, 5) is 25.8.